The molecule has 1 aliphatic carbocycles. The van der Waals surface area contributed by atoms with E-state index in [1.54, 1.807) is 0 Å². The van der Waals surface area contributed by atoms with E-state index in [0.717, 1.165) is 17.4 Å². The largest absolute Gasteiger partial charge is 0.308 e. The highest BCUT2D eigenvalue weighted by Crippen LogP contribution is 2.32. The van der Waals surface area contributed by atoms with Gasteiger partial charge in [0.05, 0.1) is 0 Å². The summed E-state index contributed by atoms with van der Waals surface area (Å²) in [5.74, 6) is 0. The Balaban J connectivity index is 2.02. The Bertz CT molecular complexity index is 421. The Labute approximate surface area is 138 Å². The molecule has 0 aliphatic heterocycles. The molecule has 1 N–H and O–H groups in total. The van der Waals surface area contributed by atoms with E-state index in [0.29, 0.717) is 11.6 Å². The fourth-order valence-electron chi connectivity index (χ4n) is 3.50. The van der Waals surface area contributed by atoms with Crippen molar-refractivity contribution in [3.63, 3.8) is 0 Å². The highest BCUT2D eigenvalue weighted by atomic mass is 79.9. The van der Waals surface area contributed by atoms with Gasteiger partial charge in [-0.1, -0.05) is 54.2 Å². The molecular weight excluding hydrogens is 324 g/mol. The van der Waals surface area contributed by atoms with Crippen molar-refractivity contribution in [1.29, 1.82) is 0 Å². The number of likely N-dealkylation sites (N-methyl/N-ethyl adjacent to an activating group) is 1. The monoisotopic (exact) mass is 352 g/mol. The second kappa shape index (κ2) is 7.75. The fraction of sp³-hybridized carbons (Fsp3) is 0.667. The minimum Gasteiger partial charge on any atom is -0.308 e. The molecule has 1 fully saturated rings. The average molecular weight is 353 g/mol. The van der Waals surface area contributed by atoms with Crippen LogP contribution in [0.25, 0.3) is 0 Å². The summed E-state index contributed by atoms with van der Waals surface area (Å²) in [6.45, 7) is 3.36. The molecule has 0 bridgehead atoms. The first kappa shape index (κ1) is 17.0. The van der Waals surface area contributed by atoms with E-state index in [1.807, 2.05) is 0 Å². The Hall–Kier alpha value is -0.380. The summed E-state index contributed by atoms with van der Waals surface area (Å²) in [6, 6.07) is 9.20. The van der Waals surface area contributed by atoms with Crippen LogP contribution in [0.1, 0.15) is 57.1 Å². The predicted octanol–water partition coefficient (Wildman–Crippen LogP) is 4.75. The zero-order valence-electron chi connectivity index (χ0n) is 13.7. The van der Waals surface area contributed by atoms with Crippen LogP contribution < -0.4 is 5.32 Å². The topological polar surface area (TPSA) is 15.3 Å². The molecule has 0 aromatic heterocycles. The van der Waals surface area contributed by atoms with E-state index in [2.05, 4.69) is 71.4 Å². The van der Waals surface area contributed by atoms with Crippen LogP contribution in [0.2, 0.25) is 0 Å². The molecule has 1 aromatic rings. The molecule has 1 aliphatic rings. The molecule has 0 amide bonds. The second-order valence-corrected chi connectivity index (χ2v) is 7.49. The van der Waals surface area contributed by atoms with Crippen molar-refractivity contribution in [1.82, 2.24) is 10.2 Å². The van der Waals surface area contributed by atoms with Crippen molar-refractivity contribution < 1.29 is 0 Å². The van der Waals surface area contributed by atoms with Gasteiger partial charge in [-0.15, -0.1) is 0 Å². The zero-order chi connectivity index (χ0) is 15.3. The van der Waals surface area contributed by atoms with Crippen molar-refractivity contribution in [3.05, 3.63) is 34.3 Å². The minimum absolute atomic E-state index is 0.348. The smallest absolute Gasteiger partial charge is 0.0328 e. The van der Waals surface area contributed by atoms with Crippen LogP contribution in [0.5, 0.6) is 0 Å². The summed E-state index contributed by atoms with van der Waals surface area (Å²) in [7, 11) is 4.49. The minimum atomic E-state index is 0.348. The third-order valence-electron chi connectivity index (χ3n) is 5.09. The van der Waals surface area contributed by atoms with Gasteiger partial charge < -0.3 is 10.2 Å². The number of halogens is 1. The van der Waals surface area contributed by atoms with Gasteiger partial charge in [0.2, 0.25) is 0 Å². The third-order valence-corrected chi connectivity index (χ3v) is 5.62. The number of nitrogens with zero attached hydrogens (tertiary/aromatic N) is 1. The SMILES string of the molecule is CCC(NCC1(N(C)C)CCCCC1)c1ccc(Br)cc1. The first-order valence-electron chi connectivity index (χ1n) is 8.24. The van der Waals surface area contributed by atoms with Crippen LogP contribution in [0, 0.1) is 0 Å². The molecule has 1 saturated carbocycles. The quantitative estimate of drug-likeness (QED) is 0.794. The van der Waals surface area contributed by atoms with Crippen LogP contribution in [0.4, 0.5) is 0 Å². The standard InChI is InChI=1S/C18H29BrN2/c1-4-17(15-8-10-16(19)11-9-15)20-14-18(21(2)3)12-6-5-7-13-18/h8-11,17,20H,4-7,12-14H2,1-3H3. The van der Waals surface area contributed by atoms with Gasteiger partial charge in [-0.05, 0) is 51.1 Å². The van der Waals surface area contributed by atoms with Gasteiger partial charge in [-0.3, -0.25) is 0 Å². The maximum Gasteiger partial charge on any atom is 0.0328 e. The van der Waals surface area contributed by atoms with Crippen molar-refractivity contribution in [2.45, 2.75) is 57.0 Å². The van der Waals surface area contributed by atoms with E-state index in [9.17, 15) is 0 Å². The Kier molecular flexibility index (Phi) is 6.27. The molecule has 0 radical (unpaired) electrons. The first-order valence-corrected chi connectivity index (χ1v) is 9.03. The highest BCUT2D eigenvalue weighted by Gasteiger charge is 2.34. The van der Waals surface area contributed by atoms with Crippen molar-refractivity contribution in [2.24, 2.45) is 0 Å². The van der Waals surface area contributed by atoms with E-state index < -0.39 is 0 Å². The highest BCUT2D eigenvalue weighted by molar-refractivity contribution is 9.10. The molecule has 0 heterocycles. The molecule has 2 rings (SSSR count). The molecule has 1 unspecified atom stereocenters. The molecule has 1 atom stereocenters. The van der Waals surface area contributed by atoms with Gasteiger partial charge in [-0.2, -0.15) is 0 Å². The van der Waals surface area contributed by atoms with Gasteiger partial charge >= 0.3 is 0 Å². The second-order valence-electron chi connectivity index (χ2n) is 6.57. The van der Waals surface area contributed by atoms with Crippen molar-refractivity contribution >= 4 is 15.9 Å². The normalized spacial score (nSPS) is 19.7. The van der Waals surface area contributed by atoms with Gasteiger partial charge in [0.1, 0.15) is 0 Å². The van der Waals surface area contributed by atoms with E-state index in [1.165, 1.54) is 37.7 Å². The number of nitrogens with one attached hydrogen (secondary N) is 1. The van der Waals surface area contributed by atoms with E-state index in [-0.39, 0.29) is 0 Å². The molecule has 21 heavy (non-hydrogen) atoms. The van der Waals surface area contributed by atoms with E-state index in [4.69, 9.17) is 0 Å². The molecule has 118 valence electrons. The number of hydrogen-bond acceptors (Lipinski definition) is 2. The predicted molar refractivity (Wildman–Crippen MR) is 94.7 cm³/mol. The summed E-state index contributed by atoms with van der Waals surface area (Å²) in [6.07, 6.45) is 7.92. The lowest BCUT2D eigenvalue weighted by Crippen LogP contribution is -2.53. The number of benzene rings is 1. The van der Waals surface area contributed by atoms with Crippen LogP contribution >= 0.6 is 15.9 Å². The maximum absolute atomic E-state index is 3.84. The molecule has 2 nitrogen and oxygen atoms in total. The summed E-state index contributed by atoms with van der Waals surface area (Å²) in [4.78, 5) is 2.45. The number of rotatable bonds is 6. The van der Waals surface area contributed by atoms with Crippen molar-refractivity contribution in [3.8, 4) is 0 Å². The Morgan fingerprint density at radius 3 is 2.29 bits per heavy atom. The summed E-state index contributed by atoms with van der Waals surface area (Å²) in [5.41, 5.74) is 1.74. The lowest BCUT2D eigenvalue weighted by atomic mass is 9.80. The molecule has 1 aromatic carbocycles. The van der Waals surface area contributed by atoms with Crippen LogP contribution in [0.3, 0.4) is 0 Å². The van der Waals surface area contributed by atoms with Crippen LogP contribution in [-0.4, -0.2) is 31.1 Å². The Morgan fingerprint density at radius 1 is 1.14 bits per heavy atom. The third kappa shape index (κ3) is 4.30. The fourth-order valence-corrected chi connectivity index (χ4v) is 3.76. The molecular formula is C18H29BrN2. The summed E-state index contributed by atoms with van der Waals surface area (Å²) in [5, 5.41) is 3.84. The summed E-state index contributed by atoms with van der Waals surface area (Å²) < 4.78 is 1.15. The molecule has 3 heteroatoms. The van der Waals surface area contributed by atoms with Crippen LogP contribution in [0.15, 0.2) is 28.7 Å². The maximum atomic E-state index is 3.84. The van der Waals surface area contributed by atoms with Gasteiger partial charge in [-0.25, -0.2) is 0 Å². The van der Waals surface area contributed by atoms with Gasteiger partial charge in [0.15, 0.2) is 0 Å². The van der Waals surface area contributed by atoms with Crippen molar-refractivity contribution in [2.75, 3.05) is 20.6 Å². The lowest BCUT2D eigenvalue weighted by Gasteiger charge is -2.44. The first-order chi connectivity index (χ1) is 10.1. The molecule has 0 saturated heterocycles. The van der Waals surface area contributed by atoms with Gasteiger partial charge in [0, 0.05) is 22.6 Å². The molecule has 0 spiro atoms. The summed E-state index contributed by atoms with van der Waals surface area (Å²) >= 11 is 3.52. The van der Waals surface area contributed by atoms with E-state index >= 15 is 0 Å². The van der Waals surface area contributed by atoms with Gasteiger partial charge in [0.25, 0.3) is 0 Å². The Morgan fingerprint density at radius 2 is 1.76 bits per heavy atom. The average Bonchev–Trinajstić information content (AvgIpc) is 2.50. The lowest BCUT2D eigenvalue weighted by molar-refractivity contribution is 0.0949. The number of hydrogen-bond donors (Lipinski definition) is 1. The zero-order valence-corrected chi connectivity index (χ0v) is 15.2. The van der Waals surface area contributed by atoms with Crippen LogP contribution in [-0.2, 0) is 0 Å².